The number of hydrogen-bond donors (Lipinski definition) is 2. The first kappa shape index (κ1) is 19.6. The van der Waals surface area contributed by atoms with Gasteiger partial charge in [0.1, 0.15) is 0 Å². The highest BCUT2D eigenvalue weighted by Crippen LogP contribution is 2.27. The predicted molar refractivity (Wildman–Crippen MR) is 110 cm³/mol. The van der Waals surface area contributed by atoms with Crippen LogP contribution in [0.2, 0.25) is 10.0 Å². The maximum Gasteiger partial charge on any atom is 0.257 e. The number of amides is 1. The molecule has 0 aliphatic heterocycles. The molecule has 140 valence electrons. The molecule has 0 saturated heterocycles. The minimum absolute atomic E-state index is 0.132. The molecule has 0 radical (unpaired) electrons. The van der Waals surface area contributed by atoms with E-state index in [9.17, 15) is 13.2 Å². The van der Waals surface area contributed by atoms with Gasteiger partial charge in [0.15, 0.2) is 5.13 Å². The van der Waals surface area contributed by atoms with Gasteiger partial charge in [0.05, 0.1) is 22.7 Å². The standard InChI is InChI=1S/C17H13Cl2N3O3S2/c1-27(24,25)22-14-8-11(4-7-13(14)19)16(23)21-17-20-15(9-26-17)10-2-5-12(18)6-3-10/h2-9,22H,1H3,(H,20,21,23). The zero-order chi connectivity index (χ0) is 19.6. The van der Waals surface area contributed by atoms with Crippen molar-refractivity contribution in [1.82, 2.24) is 4.98 Å². The van der Waals surface area contributed by atoms with Gasteiger partial charge in [0, 0.05) is 21.5 Å². The Morgan fingerprint density at radius 1 is 1.11 bits per heavy atom. The fourth-order valence-electron chi connectivity index (χ4n) is 2.20. The molecule has 3 aromatic rings. The van der Waals surface area contributed by atoms with Gasteiger partial charge in [-0.25, -0.2) is 13.4 Å². The van der Waals surface area contributed by atoms with Gasteiger partial charge in [-0.2, -0.15) is 0 Å². The largest absolute Gasteiger partial charge is 0.298 e. The molecule has 2 aromatic carbocycles. The molecule has 0 atom stereocenters. The SMILES string of the molecule is CS(=O)(=O)Nc1cc(C(=O)Nc2nc(-c3ccc(Cl)cc3)cs2)ccc1Cl. The van der Waals surface area contributed by atoms with Crippen molar-refractivity contribution in [3.8, 4) is 11.3 Å². The Morgan fingerprint density at radius 2 is 1.81 bits per heavy atom. The number of carbonyl (C=O) groups is 1. The molecule has 0 bridgehead atoms. The van der Waals surface area contributed by atoms with E-state index in [0.29, 0.717) is 15.8 Å². The van der Waals surface area contributed by atoms with Crippen LogP contribution < -0.4 is 10.0 Å². The molecule has 0 spiro atoms. The highest BCUT2D eigenvalue weighted by atomic mass is 35.5. The lowest BCUT2D eigenvalue weighted by atomic mass is 10.2. The molecular formula is C17H13Cl2N3O3S2. The third-order valence-corrected chi connectivity index (χ3v) is 5.32. The van der Waals surface area contributed by atoms with Crippen molar-refractivity contribution in [3.05, 3.63) is 63.5 Å². The quantitative estimate of drug-likeness (QED) is 0.598. The van der Waals surface area contributed by atoms with Crippen LogP contribution in [0.25, 0.3) is 11.3 Å². The molecule has 0 fully saturated rings. The Labute approximate surface area is 170 Å². The molecule has 10 heteroatoms. The van der Waals surface area contributed by atoms with Crippen LogP contribution in [0.4, 0.5) is 10.8 Å². The van der Waals surface area contributed by atoms with Gasteiger partial charge in [-0.1, -0.05) is 35.3 Å². The molecular weight excluding hydrogens is 429 g/mol. The summed E-state index contributed by atoms with van der Waals surface area (Å²) < 4.78 is 25.1. The molecule has 0 aliphatic rings. The molecule has 2 N–H and O–H groups in total. The highest BCUT2D eigenvalue weighted by Gasteiger charge is 2.14. The van der Waals surface area contributed by atoms with E-state index in [1.165, 1.54) is 29.5 Å². The number of aromatic nitrogens is 1. The van der Waals surface area contributed by atoms with Crippen molar-refractivity contribution in [2.75, 3.05) is 16.3 Å². The lowest BCUT2D eigenvalue weighted by Gasteiger charge is -2.08. The van der Waals surface area contributed by atoms with Crippen LogP contribution in [0.1, 0.15) is 10.4 Å². The number of hydrogen-bond acceptors (Lipinski definition) is 5. The fraction of sp³-hybridized carbons (Fsp3) is 0.0588. The third kappa shape index (κ3) is 5.20. The number of carbonyl (C=O) groups excluding carboxylic acids is 1. The lowest BCUT2D eigenvalue weighted by Crippen LogP contribution is -2.14. The summed E-state index contributed by atoms with van der Waals surface area (Å²) in [4.78, 5) is 16.8. The monoisotopic (exact) mass is 441 g/mol. The molecule has 1 heterocycles. The fourth-order valence-corrected chi connectivity index (χ4v) is 3.83. The van der Waals surface area contributed by atoms with Gasteiger partial charge >= 0.3 is 0 Å². The van der Waals surface area contributed by atoms with Crippen molar-refractivity contribution in [3.63, 3.8) is 0 Å². The summed E-state index contributed by atoms with van der Waals surface area (Å²) in [5.74, 6) is -0.430. The number of anilines is 2. The lowest BCUT2D eigenvalue weighted by molar-refractivity contribution is 0.102. The highest BCUT2D eigenvalue weighted by molar-refractivity contribution is 7.92. The van der Waals surface area contributed by atoms with E-state index in [2.05, 4.69) is 15.0 Å². The van der Waals surface area contributed by atoms with Gasteiger partial charge in [0.25, 0.3) is 5.91 Å². The van der Waals surface area contributed by atoms with E-state index in [1.54, 1.807) is 12.1 Å². The number of thiazole rings is 1. The van der Waals surface area contributed by atoms with E-state index >= 15 is 0 Å². The Bertz CT molecular complexity index is 1100. The maximum atomic E-state index is 12.5. The van der Waals surface area contributed by atoms with Crippen LogP contribution in [0.3, 0.4) is 0 Å². The Morgan fingerprint density at radius 3 is 2.48 bits per heavy atom. The molecule has 1 aromatic heterocycles. The summed E-state index contributed by atoms with van der Waals surface area (Å²) in [6, 6.07) is 11.5. The first-order chi connectivity index (χ1) is 12.7. The van der Waals surface area contributed by atoms with Crippen LogP contribution in [0.15, 0.2) is 47.8 Å². The number of benzene rings is 2. The molecule has 0 saturated carbocycles. The summed E-state index contributed by atoms with van der Waals surface area (Å²) in [5.41, 5.74) is 1.96. The summed E-state index contributed by atoms with van der Waals surface area (Å²) in [6.07, 6.45) is 1.00. The normalized spacial score (nSPS) is 11.2. The van der Waals surface area contributed by atoms with Crippen LogP contribution in [0.5, 0.6) is 0 Å². The summed E-state index contributed by atoms with van der Waals surface area (Å²) in [5, 5.41) is 5.74. The van der Waals surface area contributed by atoms with Crippen molar-refractivity contribution < 1.29 is 13.2 Å². The van der Waals surface area contributed by atoms with E-state index in [4.69, 9.17) is 23.2 Å². The molecule has 0 aliphatic carbocycles. The topological polar surface area (TPSA) is 88.2 Å². The summed E-state index contributed by atoms with van der Waals surface area (Å²) in [7, 11) is -3.52. The maximum absolute atomic E-state index is 12.5. The Hall–Kier alpha value is -2.13. The third-order valence-electron chi connectivity index (χ3n) is 3.39. The van der Waals surface area contributed by atoms with Crippen LogP contribution in [-0.4, -0.2) is 25.6 Å². The first-order valence-corrected chi connectivity index (χ1v) is 11.0. The van der Waals surface area contributed by atoms with E-state index in [-0.39, 0.29) is 16.3 Å². The first-order valence-electron chi connectivity index (χ1n) is 7.51. The average molecular weight is 442 g/mol. The average Bonchev–Trinajstić information content (AvgIpc) is 3.04. The van der Waals surface area contributed by atoms with Crippen LogP contribution >= 0.6 is 34.5 Å². The zero-order valence-electron chi connectivity index (χ0n) is 13.9. The summed E-state index contributed by atoms with van der Waals surface area (Å²) >= 11 is 13.1. The van der Waals surface area contributed by atoms with E-state index < -0.39 is 15.9 Å². The number of rotatable bonds is 5. The van der Waals surface area contributed by atoms with Gasteiger partial charge in [0.2, 0.25) is 10.0 Å². The molecule has 3 rings (SSSR count). The molecule has 6 nitrogen and oxygen atoms in total. The molecule has 0 unspecified atom stereocenters. The van der Waals surface area contributed by atoms with Crippen molar-refractivity contribution in [1.29, 1.82) is 0 Å². The smallest absolute Gasteiger partial charge is 0.257 e. The number of nitrogens with one attached hydrogen (secondary N) is 2. The second-order valence-corrected chi connectivity index (χ2v) is 9.02. The zero-order valence-corrected chi connectivity index (χ0v) is 17.0. The number of sulfonamides is 1. The van der Waals surface area contributed by atoms with Crippen molar-refractivity contribution >= 4 is 61.3 Å². The van der Waals surface area contributed by atoms with Crippen LogP contribution in [0, 0.1) is 0 Å². The van der Waals surface area contributed by atoms with E-state index in [0.717, 1.165) is 11.8 Å². The second-order valence-electron chi connectivity index (χ2n) is 5.57. The van der Waals surface area contributed by atoms with Crippen molar-refractivity contribution in [2.45, 2.75) is 0 Å². The van der Waals surface area contributed by atoms with Crippen molar-refractivity contribution in [2.24, 2.45) is 0 Å². The summed E-state index contributed by atoms with van der Waals surface area (Å²) in [6.45, 7) is 0. The van der Waals surface area contributed by atoms with Gasteiger partial charge in [-0.05, 0) is 30.3 Å². The predicted octanol–water partition coefficient (Wildman–Crippen LogP) is 4.74. The van der Waals surface area contributed by atoms with Gasteiger partial charge < -0.3 is 0 Å². The van der Waals surface area contributed by atoms with E-state index in [1.807, 2.05) is 17.5 Å². The number of nitrogens with zero attached hydrogens (tertiary/aromatic N) is 1. The molecule has 1 amide bonds. The Kier molecular flexibility index (Phi) is 5.71. The number of halogens is 2. The minimum atomic E-state index is -3.52. The van der Waals surface area contributed by atoms with Gasteiger partial charge in [-0.15, -0.1) is 11.3 Å². The molecule has 27 heavy (non-hydrogen) atoms. The Balaban J connectivity index is 1.78. The van der Waals surface area contributed by atoms with Gasteiger partial charge in [-0.3, -0.25) is 14.8 Å². The second kappa shape index (κ2) is 7.85. The minimum Gasteiger partial charge on any atom is -0.298 e. The van der Waals surface area contributed by atoms with Crippen LogP contribution in [-0.2, 0) is 10.0 Å².